The van der Waals surface area contributed by atoms with Gasteiger partial charge in [-0.15, -0.1) is 0 Å². The van der Waals surface area contributed by atoms with Gasteiger partial charge in [-0.25, -0.2) is 8.42 Å². The summed E-state index contributed by atoms with van der Waals surface area (Å²) in [5.41, 5.74) is 6.50. The number of halogens is 2. The van der Waals surface area contributed by atoms with Crippen LogP contribution >= 0.6 is 23.2 Å². The highest BCUT2D eigenvalue weighted by Crippen LogP contribution is 2.26. The van der Waals surface area contributed by atoms with E-state index in [1.165, 1.54) is 0 Å². The first-order valence-electron chi connectivity index (χ1n) is 4.66. The lowest BCUT2D eigenvalue weighted by Gasteiger charge is -2.12. The van der Waals surface area contributed by atoms with E-state index in [4.69, 9.17) is 28.9 Å². The van der Waals surface area contributed by atoms with Crippen LogP contribution in [0.2, 0.25) is 10.0 Å². The summed E-state index contributed by atoms with van der Waals surface area (Å²) < 4.78 is 22.1. The highest BCUT2D eigenvalue weighted by atomic mass is 35.5. The Morgan fingerprint density at radius 1 is 1.38 bits per heavy atom. The van der Waals surface area contributed by atoms with E-state index in [1.807, 2.05) is 0 Å². The van der Waals surface area contributed by atoms with Crippen molar-refractivity contribution in [3.63, 3.8) is 0 Å². The Hall–Kier alpha value is -0.290. The minimum absolute atomic E-state index is 0.0597. The molecule has 0 saturated heterocycles. The predicted molar refractivity (Wildman–Crippen MR) is 67.9 cm³/mol. The quantitative estimate of drug-likeness (QED) is 0.917. The van der Waals surface area contributed by atoms with Crippen LogP contribution in [0.5, 0.6) is 0 Å². The van der Waals surface area contributed by atoms with Gasteiger partial charge in [-0.2, -0.15) is 0 Å². The van der Waals surface area contributed by atoms with E-state index in [-0.39, 0.29) is 5.75 Å². The van der Waals surface area contributed by atoms with Crippen LogP contribution in [0.1, 0.15) is 5.56 Å². The Kier molecular flexibility index (Phi) is 4.62. The van der Waals surface area contributed by atoms with Gasteiger partial charge in [0, 0.05) is 12.3 Å². The van der Waals surface area contributed by atoms with E-state index in [2.05, 4.69) is 0 Å². The van der Waals surface area contributed by atoms with Crippen molar-refractivity contribution in [2.24, 2.45) is 5.73 Å². The van der Waals surface area contributed by atoms with E-state index in [9.17, 15) is 8.42 Å². The second-order valence-corrected chi connectivity index (χ2v) is 6.74. The third-order valence-electron chi connectivity index (χ3n) is 2.03. The molecule has 0 radical (unpaired) electrons. The molecule has 16 heavy (non-hydrogen) atoms. The summed E-state index contributed by atoms with van der Waals surface area (Å²) in [6.07, 6.45) is 1.55. The molecule has 1 aromatic rings. The van der Waals surface area contributed by atoms with Crippen molar-refractivity contribution in [3.8, 4) is 0 Å². The molecule has 0 heterocycles. The standard InChI is InChI=1S/C10H13Cl2NO2S/c1-16(14,15)6-8(13)5-7-3-2-4-9(11)10(7)12/h2-4,8H,5-6,13H2,1H3. The Balaban J connectivity index is 2.77. The molecule has 1 atom stereocenters. The van der Waals surface area contributed by atoms with Crippen LogP contribution in [-0.2, 0) is 16.3 Å². The molecule has 3 nitrogen and oxygen atoms in total. The molecule has 90 valence electrons. The molecular formula is C10H13Cl2NO2S. The second kappa shape index (κ2) is 5.36. The van der Waals surface area contributed by atoms with Crippen LogP contribution in [0, 0.1) is 0 Å². The minimum Gasteiger partial charge on any atom is -0.326 e. The molecule has 0 aliphatic heterocycles. The Bertz CT molecular complexity index is 474. The van der Waals surface area contributed by atoms with Crippen molar-refractivity contribution in [2.75, 3.05) is 12.0 Å². The Morgan fingerprint density at radius 3 is 2.56 bits per heavy atom. The van der Waals surface area contributed by atoms with Crippen LogP contribution in [0.4, 0.5) is 0 Å². The zero-order chi connectivity index (χ0) is 12.3. The fraction of sp³-hybridized carbons (Fsp3) is 0.400. The second-order valence-electron chi connectivity index (χ2n) is 3.77. The zero-order valence-electron chi connectivity index (χ0n) is 8.78. The van der Waals surface area contributed by atoms with Crippen LogP contribution < -0.4 is 5.73 Å². The van der Waals surface area contributed by atoms with Gasteiger partial charge in [-0.1, -0.05) is 35.3 Å². The summed E-state index contributed by atoms with van der Waals surface area (Å²) in [4.78, 5) is 0. The highest BCUT2D eigenvalue weighted by Gasteiger charge is 2.14. The number of benzene rings is 1. The van der Waals surface area contributed by atoms with Gasteiger partial charge in [0.1, 0.15) is 9.84 Å². The summed E-state index contributed by atoms with van der Waals surface area (Å²) in [5.74, 6) is -0.0597. The van der Waals surface area contributed by atoms with E-state index in [0.29, 0.717) is 16.5 Å². The fourth-order valence-corrected chi connectivity index (χ4v) is 2.73. The number of nitrogens with two attached hydrogens (primary N) is 1. The fourth-order valence-electron chi connectivity index (χ4n) is 1.44. The molecule has 1 aromatic carbocycles. The summed E-state index contributed by atoms with van der Waals surface area (Å²) in [6.45, 7) is 0. The topological polar surface area (TPSA) is 60.2 Å². The average Bonchev–Trinajstić information content (AvgIpc) is 2.09. The maximum absolute atomic E-state index is 11.0. The SMILES string of the molecule is CS(=O)(=O)CC(N)Cc1cccc(Cl)c1Cl. The first-order chi connectivity index (χ1) is 7.29. The number of sulfone groups is 1. The highest BCUT2D eigenvalue weighted by molar-refractivity contribution is 7.90. The monoisotopic (exact) mass is 281 g/mol. The minimum atomic E-state index is -3.07. The Morgan fingerprint density at radius 2 is 2.00 bits per heavy atom. The molecule has 0 bridgehead atoms. The Labute approximate surface area is 105 Å². The van der Waals surface area contributed by atoms with Gasteiger partial charge in [0.25, 0.3) is 0 Å². The first kappa shape index (κ1) is 13.8. The van der Waals surface area contributed by atoms with Gasteiger partial charge >= 0.3 is 0 Å². The number of hydrogen-bond donors (Lipinski definition) is 1. The molecule has 0 fully saturated rings. The van der Waals surface area contributed by atoms with Crippen molar-refractivity contribution in [2.45, 2.75) is 12.5 Å². The van der Waals surface area contributed by atoms with Gasteiger partial charge in [0.2, 0.25) is 0 Å². The smallest absolute Gasteiger partial charge is 0.148 e. The molecular weight excluding hydrogens is 269 g/mol. The van der Waals surface area contributed by atoms with Crippen LogP contribution in [-0.4, -0.2) is 26.5 Å². The summed E-state index contributed by atoms with van der Waals surface area (Å²) in [6, 6.07) is 4.76. The zero-order valence-corrected chi connectivity index (χ0v) is 11.1. The summed E-state index contributed by atoms with van der Waals surface area (Å²) >= 11 is 11.8. The predicted octanol–water partition coefficient (Wildman–Crippen LogP) is 1.91. The molecule has 2 N–H and O–H groups in total. The van der Waals surface area contributed by atoms with Crippen molar-refractivity contribution < 1.29 is 8.42 Å². The van der Waals surface area contributed by atoms with E-state index in [0.717, 1.165) is 11.8 Å². The van der Waals surface area contributed by atoms with Gasteiger partial charge in [0.05, 0.1) is 15.8 Å². The van der Waals surface area contributed by atoms with Crippen molar-refractivity contribution in [1.82, 2.24) is 0 Å². The van der Waals surface area contributed by atoms with E-state index < -0.39 is 15.9 Å². The largest absolute Gasteiger partial charge is 0.326 e. The molecule has 6 heteroatoms. The molecule has 0 aliphatic rings. The number of hydrogen-bond acceptors (Lipinski definition) is 3. The lowest BCUT2D eigenvalue weighted by atomic mass is 10.1. The van der Waals surface area contributed by atoms with Crippen molar-refractivity contribution in [1.29, 1.82) is 0 Å². The molecule has 0 spiro atoms. The van der Waals surface area contributed by atoms with Gasteiger partial charge in [-0.05, 0) is 18.1 Å². The average molecular weight is 282 g/mol. The maximum Gasteiger partial charge on any atom is 0.148 e. The third-order valence-corrected chi connectivity index (χ3v) is 3.92. The van der Waals surface area contributed by atoms with Crippen LogP contribution in [0.3, 0.4) is 0 Å². The molecule has 1 unspecified atom stereocenters. The van der Waals surface area contributed by atoms with Crippen molar-refractivity contribution >= 4 is 33.0 Å². The van der Waals surface area contributed by atoms with E-state index in [1.54, 1.807) is 18.2 Å². The van der Waals surface area contributed by atoms with Gasteiger partial charge < -0.3 is 5.73 Å². The molecule has 0 aromatic heterocycles. The van der Waals surface area contributed by atoms with Gasteiger partial charge in [-0.3, -0.25) is 0 Å². The molecule has 0 amide bonds. The lowest BCUT2D eigenvalue weighted by molar-refractivity contribution is 0.591. The molecule has 1 rings (SSSR count). The van der Waals surface area contributed by atoms with E-state index >= 15 is 0 Å². The maximum atomic E-state index is 11.0. The van der Waals surface area contributed by atoms with Gasteiger partial charge in [0.15, 0.2) is 0 Å². The van der Waals surface area contributed by atoms with Crippen LogP contribution in [0.25, 0.3) is 0 Å². The summed E-state index contributed by atoms with van der Waals surface area (Å²) in [5, 5.41) is 0.888. The molecule has 0 aliphatic carbocycles. The van der Waals surface area contributed by atoms with Crippen molar-refractivity contribution in [3.05, 3.63) is 33.8 Å². The molecule has 0 saturated carbocycles. The first-order valence-corrected chi connectivity index (χ1v) is 7.47. The van der Waals surface area contributed by atoms with Crippen LogP contribution in [0.15, 0.2) is 18.2 Å². The number of rotatable bonds is 4. The normalized spacial score (nSPS) is 13.8. The lowest BCUT2D eigenvalue weighted by Crippen LogP contribution is -2.31. The third kappa shape index (κ3) is 4.29. The summed E-state index contributed by atoms with van der Waals surface area (Å²) in [7, 11) is -3.07.